The first-order chi connectivity index (χ1) is 11.5. The number of H-pyrrole nitrogens is 1. The van der Waals surface area contributed by atoms with Gasteiger partial charge in [0, 0.05) is 13.0 Å². The van der Waals surface area contributed by atoms with Gasteiger partial charge in [-0.05, 0) is 18.3 Å². The van der Waals surface area contributed by atoms with Gasteiger partial charge in [0.2, 0.25) is 11.1 Å². The highest BCUT2D eigenvalue weighted by Gasteiger charge is 2.16. The summed E-state index contributed by atoms with van der Waals surface area (Å²) >= 11 is 1.23. The average molecular weight is 353 g/mol. The van der Waals surface area contributed by atoms with E-state index in [1.54, 1.807) is 0 Å². The molecule has 0 spiro atoms. The molecule has 1 aromatic rings. The Bertz CT molecular complexity index is 540. The van der Waals surface area contributed by atoms with Gasteiger partial charge in [-0.1, -0.05) is 51.3 Å². The molecule has 1 saturated carbocycles. The molecule has 134 valence electrons. The van der Waals surface area contributed by atoms with E-state index >= 15 is 0 Å². The molecule has 8 heteroatoms. The van der Waals surface area contributed by atoms with Crippen molar-refractivity contribution >= 4 is 23.7 Å². The van der Waals surface area contributed by atoms with Crippen molar-refractivity contribution in [1.29, 1.82) is 0 Å². The van der Waals surface area contributed by atoms with Crippen LogP contribution in [-0.2, 0) is 11.2 Å². The molecular formula is C16H27N5O2S. The molecule has 0 aliphatic heterocycles. The highest BCUT2D eigenvalue weighted by atomic mass is 32.2. The first kappa shape index (κ1) is 18.8. The number of thioether (sulfide) groups is 1. The van der Waals surface area contributed by atoms with Gasteiger partial charge in [0.15, 0.2) is 0 Å². The van der Waals surface area contributed by atoms with Crippen LogP contribution in [0, 0.1) is 11.8 Å². The Hall–Kier alpha value is -1.57. The van der Waals surface area contributed by atoms with E-state index in [9.17, 15) is 9.59 Å². The number of carbonyl (C=O) groups is 2. The van der Waals surface area contributed by atoms with Crippen LogP contribution < -0.4 is 10.6 Å². The number of nitrogens with zero attached hydrogens (tertiary/aromatic N) is 2. The Morgan fingerprint density at radius 3 is 2.79 bits per heavy atom. The van der Waals surface area contributed by atoms with Crippen molar-refractivity contribution in [2.75, 3.05) is 12.3 Å². The van der Waals surface area contributed by atoms with Crippen LogP contribution in [0.4, 0.5) is 4.79 Å². The van der Waals surface area contributed by atoms with E-state index in [1.807, 2.05) is 13.8 Å². The number of aromatic nitrogens is 3. The Morgan fingerprint density at radius 2 is 2.08 bits per heavy atom. The van der Waals surface area contributed by atoms with Crippen LogP contribution in [0.2, 0.25) is 0 Å². The molecule has 1 aromatic heterocycles. The number of urea groups is 1. The number of aryl methyl sites for hydroxylation is 1. The van der Waals surface area contributed by atoms with E-state index in [4.69, 9.17) is 0 Å². The van der Waals surface area contributed by atoms with Crippen LogP contribution in [0.25, 0.3) is 0 Å². The summed E-state index contributed by atoms with van der Waals surface area (Å²) in [6.45, 7) is 4.52. The van der Waals surface area contributed by atoms with Gasteiger partial charge in [-0.3, -0.25) is 15.2 Å². The molecule has 0 saturated heterocycles. The standard InChI is InChI=1S/C16H27N5O2S/c1-11(2)9-17-15(23)19-14(22)10-24-16-18-13(20-21-16)8-7-12-5-3-4-6-12/h11-12H,3-10H2,1-2H3,(H,18,20,21)(H2,17,19,22,23). The Kier molecular flexibility index (Phi) is 7.55. The van der Waals surface area contributed by atoms with Crippen LogP contribution in [0.3, 0.4) is 0 Å². The zero-order valence-corrected chi connectivity index (χ0v) is 15.2. The van der Waals surface area contributed by atoms with E-state index in [2.05, 4.69) is 25.8 Å². The number of amides is 3. The summed E-state index contributed by atoms with van der Waals surface area (Å²) in [6.07, 6.45) is 7.41. The molecule has 24 heavy (non-hydrogen) atoms. The predicted octanol–water partition coefficient (Wildman–Crippen LogP) is 2.50. The molecule has 1 aliphatic carbocycles. The van der Waals surface area contributed by atoms with Gasteiger partial charge in [0.1, 0.15) is 5.82 Å². The fourth-order valence-electron chi connectivity index (χ4n) is 2.73. The smallest absolute Gasteiger partial charge is 0.321 e. The largest absolute Gasteiger partial charge is 0.338 e. The van der Waals surface area contributed by atoms with Gasteiger partial charge in [-0.2, -0.15) is 0 Å². The van der Waals surface area contributed by atoms with Crippen molar-refractivity contribution in [3.63, 3.8) is 0 Å². The first-order valence-electron chi connectivity index (χ1n) is 8.64. The first-order valence-corrected chi connectivity index (χ1v) is 9.63. The van der Waals surface area contributed by atoms with E-state index in [0.717, 1.165) is 24.6 Å². The third-order valence-electron chi connectivity index (χ3n) is 4.03. The summed E-state index contributed by atoms with van der Waals surface area (Å²) in [7, 11) is 0. The third kappa shape index (κ3) is 6.90. The minimum atomic E-state index is -0.457. The molecule has 1 fully saturated rings. The van der Waals surface area contributed by atoms with E-state index in [1.165, 1.54) is 37.4 Å². The third-order valence-corrected chi connectivity index (χ3v) is 4.88. The minimum Gasteiger partial charge on any atom is -0.338 e. The zero-order valence-electron chi connectivity index (χ0n) is 14.4. The molecule has 2 rings (SSSR count). The van der Waals surface area contributed by atoms with E-state index in [-0.39, 0.29) is 11.7 Å². The molecule has 3 amide bonds. The molecule has 0 radical (unpaired) electrons. The maximum Gasteiger partial charge on any atom is 0.321 e. The fraction of sp³-hybridized carbons (Fsp3) is 0.750. The molecule has 0 aromatic carbocycles. The maximum atomic E-state index is 11.7. The number of nitrogens with one attached hydrogen (secondary N) is 3. The highest BCUT2D eigenvalue weighted by molar-refractivity contribution is 7.99. The lowest BCUT2D eigenvalue weighted by Gasteiger charge is -2.07. The van der Waals surface area contributed by atoms with Crippen molar-refractivity contribution in [1.82, 2.24) is 25.8 Å². The van der Waals surface area contributed by atoms with Crippen molar-refractivity contribution in [3.05, 3.63) is 5.82 Å². The summed E-state index contributed by atoms with van der Waals surface area (Å²) < 4.78 is 0. The van der Waals surface area contributed by atoms with Crippen molar-refractivity contribution in [2.24, 2.45) is 11.8 Å². The number of carbonyl (C=O) groups excluding carboxylic acids is 2. The fourth-order valence-corrected chi connectivity index (χ4v) is 3.35. The van der Waals surface area contributed by atoms with Gasteiger partial charge in [-0.15, -0.1) is 5.10 Å². The second-order valence-electron chi connectivity index (χ2n) is 6.69. The van der Waals surface area contributed by atoms with Gasteiger partial charge in [0.05, 0.1) is 5.75 Å². The molecule has 1 heterocycles. The van der Waals surface area contributed by atoms with Gasteiger partial charge in [-0.25, -0.2) is 9.78 Å². The van der Waals surface area contributed by atoms with Crippen molar-refractivity contribution < 1.29 is 9.59 Å². The number of imide groups is 1. The topological polar surface area (TPSA) is 99.8 Å². The molecule has 0 unspecified atom stereocenters. The second-order valence-corrected chi connectivity index (χ2v) is 7.64. The Morgan fingerprint density at radius 1 is 1.33 bits per heavy atom. The number of rotatable bonds is 8. The molecular weight excluding hydrogens is 326 g/mol. The minimum absolute atomic E-state index is 0.120. The average Bonchev–Trinajstić information content (AvgIpc) is 3.20. The molecule has 1 aliphatic rings. The lowest BCUT2D eigenvalue weighted by atomic mass is 10.0. The summed E-state index contributed by atoms with van der Waals surface area (Å²) in [5.41, 5.74) is 0. The normalized spacial score (nSPS) is 15.0. The van der Waals surface area contributed by atoms with E-state index in [0.29, 0.717) is 17.6 Å². The SMILES string of the molecule is CC(C)CNC(=O)NC(=O)CSc1n[nH]c(CCC2CCCC2)n1. The van der Waals surface area contributed by atoms with Crippen LogP contribution in [0.5, 0.6) is 0 Å². The molecule has 7 nitrogen and oxygen atoms in total. The second kappa shape index (κ2) is 9.66. The van der Waals surface area contributed by atoms with Crippen LogP contribution >= 0.6 is 11.8 Å². The molecule has 0 bridgehead atoms. The number of aromatic amines is 1. The number of hydrogen-bond acceptors (Lipinski definition) is 5. The quantitative estimate of drug-likeness (QED) is 0.624. The van der Waals surface area contributed by atoms with Crippen LogP contribution in [0.1, 0.15) is 51.8 Å². The highest BCUT2D eigenvalue weighted by Crippen LogP contribution is 2.28. The monoisotopic (exact) mass is 353 g/mol. The zero-order chi connectivity index (χ0) is 17.4. The number of hydrogen-bond donors (Lipinski definition) is 3. The summed E-state index contributed by atoms with van der Waals surface area (Å²) in [5.74, 6) is 1.81. The van der Waals surface area contributed by atoms with Gasteiger partial charge >= 0.3 is 6.03 Å². The van der Waals surface area contributed by atoms with Crippen LogP contribution in [-0.4, -0.2) is 39.4 Å². The molecule has 0 atom stereocenters. The van der Waals surface area contributed by atoms with Crippen molar-refractivity contribution in [2.45, 2.75) is 57.5 Å². The summed E-state index contributed by atoms with van der Waals surface area (Å²) in [6, 6.07) is -0.457. The molecule has 3 N–H and O–H groups in total. The van der Waals surface area contributed by atoms with Crippen LogP contribution in [0.15, 0.2) is 5.16 Å². The maximum absolute atomic E-state index is 11.7. The predicted molar refractivity (Wildman–Crippen MR) is 93.8 cm³/mol. The lowest BCUT2D eigenvalue weighted by Crippen LogP contribution is -2.41. The summed E-state index contributed by atoms with van der Waals surface area (Å²) in [5, 5.41) is 12.5. The van der Waals surface area contributed by atoms with Crippen molar-refractivity contribution in [3.8, 4) is 0 Å². The van der Waals surface area contributed by atoms with Gasteiger partial charge < -0.3 is 5.32 Å². The summed E-state index contributed by atoms with van der Waals surface area (Å²) in [4.78, 5) is 27.6. The van der Waals surface area contributed by atoms with Gasteiger partial charge in [0.25, 0.3) is 0 Å². The lowest BCUT2D eigenvalue weighted by molar-refractivity contribution is -0.117. The Labute approximate surface area is 147 Å². The Balaban J connectivity index is 1.64. The van der Waals surface area contributed by atoms with E-state index < -0.39 is 6.03 Å².